The molecule has 1 amide bonds. The number of hydrogen-bond donors (Lipinski definition) is 1. The predicted octanol–water partition coefficient (Wildman–Crippen LogP) is 3.33. The van der Waals surface area contributed by atoms with Crippen molar-refractivity contribution in [2.45, 2.75) is 45.4 Å². The molecule has 1 unspecified atom stereocenters. The number of amides is 1. The van der Waals surface area contributed by atoms with Crippen molar-refractivity contribution in [1.82, 2.24) is 10.2 Å². The van der Waals surface area contributed by atoms with Crippen LogP contribution in [0.1, 0.15) is 52.7 Å². The molecule has 0 bridgehead atoms. The van der Waals surface area contributed by atoms with Gasteiger partial charge in [-0.15, -0.1) is 11.3 Å². The molecule has 1 aliphatic heterocycles. The van der Waals surface area contributed by atoms with Gasteiger partial charge < -0.3 is 10.2 Å². The Morgan fingerprint density at radius 3 is 2.91 bits per heavy atom. The summed E-state index contributed by atoms with van der Waals surface area (Å²) in [5.41, 5.74) is 1.42. The van der Waals surface area contributed by atoms with Crippen molar-refractivity contribution in [1.29, 1.82) is 0 Å². The van der Waals surface area contributed by atoms with E-state index < -0.39 is 0 Å². The van der Waals surface area contributed by atoms with Gasteiger partial charge in [-0.1, -0.05) is 6.92 Å². The van der Waals surface area contributed by atoms with E-state index in [1.807, 2.05) is 0 Å². The number of nitrogens with zero attached hydrogens (tertiary/aromatic N) is 1. The number of nitrogens with one attached hydrogen (secondary N) is 1. The van der Waals surface area contributed by atoms with Crippen molar-refractivity contribution >= 4 is 17.2 Å². The monoisotopic (exact) mass is 320 g/mol. The first-order chi connectivity index (χ1) is 10.6. The van der Waals surface area contributed by atoms with Crippen molar-refractivity contribution in [2.24, 2.45) is 11.8 Å². The van der Waals surface area contributed by atoms with Crippen molar-refractivity contribution < 1.29 is 4.79 Å². The lowest BCUT2D eigenvalue weighted by Crippen LogP contribution is -2.32. The quantitative estimate of drug-likeness (QED) is 0.923. The fourth-order valence-electron chi connectivity index (χ4n) is 3.65. The highest BCUT2D eigenvalue weighted by Crippen LogP contribution is 2.32. The first-order valence-corrected chi connectivity index (χ1v) is 9.52. The number of likely N-dealkylation sites (tertiary alicyclic amines) is 1. The summed E-state index contributed by atoms with van der Waals surface area (Å²) in [5, 5.41) is 3.14. The molecule has 0 saturated carbocycles. The van der Waals surface area contributed by atoms with E-state index in [1.165, 1.54) is 42.8 Å². The number of rotatable bonds is 4. The topological polar surface area (TPSA) is 32.3 Å². The molecule has 0 aromatic carbocycles. The first kappa shape index (κ1) is 16.0. The van der Waals surface area contributed by atoms with Gasteiger partial charge in [0.1, 0.15) is 0 Å². The Balaban J connectivity index is 1.46. The Kier molecular flexibility index (Phi) is 5.19. The molecule has 1 saturated heterocycles. The molecule has 0 radical (unpaired) electrons. The summed E-state index contributed by atoms with van der Waals surface area (Å²) in [4.78, 5) is 17.1. The fourth-order valence-corrected chi connectivity index (χ4v) is 4.77. The van der Waals surface area contributed by atoms with Gasteiger partial charge in [0.2, 0.25) is 0 Å². The molecule has 1 aromatic heterocycles. The van der Waals surface area contributed by atoms with Gasteiger partial charge in [-0.3, -0.25) is 4.79 Å². The Morgan fingerprint density at radius 2 is 2.14 bits per heavy atom. The van der Waals surface area contributed by atoms with E-state index in [-0.39, 0.29) is 5.91 Å². The van der Waals surface area contributed by atoms with Gasteiger partial charge in [-0.05, 0) is 82.1 Å². The molecule has 3 nitrogen and oxygen atoms in total. The van der Waals surface area contributed by atoms with E-state index in [1.54, 1.807) is 11.3 Å². The number of aryl methyl sites for hydroxylation is 1. The van der Waals surface area contributed by atoms with Crippen LogP contribution in [0.5, 0.6) is 0 Å². The van der Waals surface area contributed by atoms with Crippen LogP contribution in [-0.4, -0.2) is 37.5 Å². The Hall–Kier alpha value is -0.870. The lowest BCUT2D eigenvalue weighted by molar-refractivity contribution is 0.0953. The number of fused-ring (bicyclic) bond motifs is 1. The number of thiophene rings is 1. The number of carbonyl (C=O) groups excluding carboxylic acids is 1. The van der Waals surface area contributed by atoms with E-state index in [0.717, 1.165) is 42.5 Å². The van der Waals surface area contributed by atoms with Crippen molar-refractivity contribution in [3.8, 4) is 0 Å². The predicted molar refractivity (Wildman–Crippen MR) is 92.7 cm³/mol. The van der Waals surface area contributed by atoms with E-state index in [0.29, 0.717) is 0 Å². The number of piperidine rings is 1. The molecule has 4 heteroatoms. The summed E-state index contributed by atoms with van der Waals surface area (Å²) in [7, 11) is 2.19. The van der Waals surface area contributed by atoms with Gasteiger partial charge in [0.25, 0.3) is 5.91 Å². The van der Waals surface area contributed by atoms with Crippen molar-refractivity contribution in [3.63, 3.8) is 0 Å². The van der Waals surface area contributed by atoms with Crippen molar-refractivity contribution in [2.75, 3.05) is 26.7 Å². The zero-order valence-electron chi connectivity index (χ0n) is 13.9. The minimum Gasteiger partial charge on any atom is -0.351 e. The molecule has 1 atom stereocenters. The first-order valence-electron chi connectivity index (χ1n) is 8.70. The molecule has 1 fully saturated rings. The third-order valence-corrected chi connectivity index (χ3v) is 6.47. The fraction of sp³-hybridized carbons (Fsp3) is 0.722. The highest BCUT2D eigenvalue weighted by Gasteiger charge is 2.21. The highest BCUT2D eigenvalue weighted by molar-refractivity contribution is 7.14. The van der Waals surface area contributed by atoms with Crippen LogP contribution in [0.25, 0.3) is 0 Å². The summed E-state index contributed by atoms with van der Waals surface area (Å²) in [6, 6.07) is 2.14. The van der Waals surface area contributed by atoms with Crippen molar-refractivity contribution in [3.05, 3.63) is 21.4 Å². The maximum atomic E-state index is 12.3. The minimum absolute atomic E-state index is 0.139. The van der Waals surface area contributed by atoms with E-state index in [2.05, 4.69) is 30.3 Å². The smallest absolute Gasteiger partial charge is 0.261 e. The van der Waals surface area contributed by atoms with Crippen LogP contribution in [0.2, 0.25) is 0 Å². The van der Waals surface area contributed by atoms with Crippen LogP contribution in [0.3, 0.4) is 0 Å². The summed E-state index contributed by atoms with van der Waals surface area (Å²) in [6.45, 7) is 5.54. The Bertz CT molecular complexity index is 517. The highest BCUT2D eigenvalue weighted by atomic mass is 32.1. The molecule has 1 aromatic rings. The third-order valence-electron chi connectivity index (χ3n) is 5.23. The third kappa shape index (κ3) is 3.90. The van der Waals surface area contributed by atoms with Gasteiger partial charge in [-0.25, -0.2) is 0 Å². The van der Waals surface area contributed by atoms with Crippen LogP contribution in [-0.2, 0) is 12.8 Å². The Morgan fingerprint density at radius 1 is 1.36 bits per heavy atom. The second-order valence-corrected chi connectivity index (χ2v) is 8.34. The van der Waals surface area contributed by atoms with E-state index in [4.69, 9.17) is 0 Å². The summed E-state index contributed by atoms with van der Waals surface area (Å²) >= 11 is 1.71. The number of carbonyl (C=O) groups is 1. The lowest BCUT2D eigenvalue weighted by atomic mass is 9.90. The van der Waals surface area contributed by atoms with E-state index in [9.17, 15) is 4.79 Å². The SMILES string of the molecule is CC1CCc2sc(C(=O)NCCC3CCN(C)CC3)cc2C1. The summed E-state index contributed by atoms with van der Waals surface area (Å²) in [5.74, 6) is 1.69. The largest absolute Gasteiger partial charge is 0.351 e. The number of hydrogen-bond acceptors (Lipinski definition) is 3. The maximum Gasteiger partial charge on any atom is 0.261 e. The molecule has 2 heterocycles. The van der Waals surface area contributed by atoms with Gasteiger partial charge in [0, 0.05) is 11.4 Å². The average molecular weight is 321 g/mol. The molecular formula is C18H28N2OS. The van der Waals surface area contributed by atoms with Crippen LogP contribution in [0, 0.1) is 11.8 Å². The molecular weight excluding hydrogens is 292 g/mol. The minimum atomic E-state index is 0.139. The lowest BCUT2D eigenvalue weighted by Gasteiger charge is -2.28. The normalized spacial score (nSPS) is 23.3. The summed E-state index contributed by atoms with van der Waals surface area (Å²) < 4.78 is 0. The van der Waals surface area contributed by atoms with Crippen LogP contribution in [0.15, 0.2) is 6.07 Å². The van der Waals surface area contributed by atoms with Gasteiger partial charge in [0.05, 0.1) is 4.88 Å². The zero-order chi connectivity index (χ0) is 15.5. The van der Waals surface area contributed by atoms with Crippen LogP contribution >= 0.6 is 11.3 Å². The summed E-state index contributed by atoms with van der Waals surface area (Å²) in [6.07, 6.45) is 7.25. The average Bonchev–Trinajstić information content (AvgIpc) is 2.92. The van der Waals surface area contributed by atoms with Gasteiger partial charge >= 0.3 is 0 Å². The molecule has 0 spiro atoms. The molecule has 122 valence electrons. The molecule has 1 aliphatic carbocycles. The van der Waals surface area contributed by atoms with Gasteiger partial charge in [-0.2, -0.15) is 0 Å². The van der Waals surface area contributed by atoms with Crippen LogP contribution in [0.4, 0.5) is 0 Å². The standard InChI is InChI=1S/C18H28N2OS/c1-13-3-4-16-15(11-13)12-17(22-16)18(21)19-8-5-14-6-9-20(2)10-7-14/h12-14H,3-11H2,1-2H3,(H,19,21). The van der Waals surface area contributed by atoms with E-state index >= 15 is 0 Å². The molecule has 22 heavy (non-hydrogen) atoms. The van der Waals surface area contributed by atoms with Gasteiger partial charge in [0.15, 0.2) is 0 Å². The second-order valence-electron chi connectivity index (χ2n) is 7.20. The molecule has 3 rings (SSSR count). The zero-order valence-corrected chi connectivity index (χ0v) is 14.7. The molecule has 2 aliphatic rings. The maximum absolute atomic E-state index is 12.3. The van der Waals surface area contributed by atoms with Crippen LogP contribution < -0.4 is 5.32 Å². The Labute approximate surface area is 138 Å². The molecule has 1 N–H and O–H groups in total. The second kappa shape index (κ2) is 7.14.